The van der Waals surface area contributed by atoms with Crippen molar-refractivity contribution in [2.24, 2.45) is 10.4 Å². The van der Waals surface area contributed by atoms with Crippen LogP contribution in [0, 0.1) is 5.41 Å². The molecule has 5 nitrogen and oxygen atoms in total. The lowest BCUT2D eigenvalue weighted by Gasteiger charge is -2.28. The Labute approximate surface area is 123 Å². The van der Waals surface area contributed by atoms with Gasteiger partial charge in [0.2, 0.25) is 5.91 Å². The van der Waals surface area contributed by atoms with Crippen LogP contribution in [0.25, 0.3) is 0 Å². The molecule has 0 aliphatic carbocycles. The highest BCUT2D eigenvalue weighted by Crippen LogP contribution is 2.29. The van der Waals surface area contributed by atoms with E-state index < -0.39 is 5.41 Å². The molecule has 1 atom stereocenters. The maximum Gasteiger partial charge on any atom is 0.232 e. The number of aliphatic hydroxyl groups excluding tert-OH is 1. The lowest BCUT2D eigenvalue weighted by Crippen LogP contribution is -2.45. The number of amides is 1. The smallest absolute Gasteiger partial charge is 0.232 e. The standard InChI is InChI=1S/C16H18N2O3/c19-10-9-18-15(21)16(7-4-8-17-12-16)11-14(20)13-5-2-1-3-6-13/h1-8,19H,9-12H2,(H,18,21). The average Bonchev–Trinajstić information content (AvgIpc) is 2.54. The summed E-state index contributed by atoms with van der Waals surface area (Å²) >= 11 is 0. The van der Waals surface area contributed by atoms with E-state index in [1.54, 1.807) is 42.6 Å². The van der Waals surface area contributed by atoms with E-state index in [4.69, 9.17) is 5.11 Å². The maximum absolute atomic E-state index is 12.4. The van der Waals surface area contributed by atoms with Gasteiger partial charge in [0.1, 0.15) is 0 Å². The number of carbonyl (C=O) groups is 2. The van der Waals surface area contributed by atoms with Gasteiger partial charge in [0.15, 0.2) is 5.78 Å². The van der Waals surface area contributed by atoms with E-state index in [0.29, 0.717) is 5.56 Å². The first-order chi connectivity index (χ1) is 10.2. The number of dihydropyridines is 1. The summed E-state index contributed by atoms with van der Waals surface area (Å²) < 4.78 is 0. The van der Waals surface area contributed by atoms with Gasteiger partial charge in [-0.05, 0) is 6.08 Å². The molecule has 0 saturated carbocycles. The number of nitrogens with one attached hydrogen (secondary N) is 1. The highest BCUT2D eigenvalue weighted by molar-refractivity contribution is 6.01. The second kappa shape index (κ2) is 6.95. The molecule has 0 radical (unpaired) electrons. The van der Waals surface area contributed by atoms with E-state index in [-0.39, 0.29) is 37.8 Å². The third-order valence-electron chi connectivity index (χ3n) is 3.40. The molecule has 5 heteroatoms. The van der Waals surface area contributed by atoms with Gasteiger partial charge in [0.05, 0.1) is 18.6 Å². The number of rotatable bonds is 6. The van der Waals surface area contributed by atoms with Crippen molar-refractivity contribution >= 4 is 17.9 Å². The molecule has 2 N–H and O–H groups in total. The van der Waals surface area contributed by atoms with Crippen molar-refractivity contribution in [3.63, 3.8) is 0 Å². The minimum atomic E-state index is -0.975. The fourth-order valence-electron chi connectivity index (χ4n) is 2.26. The van der Waals surface area contributed by atoms with Crippen LogP contribution in [0.15, 0.2) is 47.5 Å². The van der Waals surface area contributed by atoms with Gasteiger partial charge < -0.3 is 10.4 Å². The number of Topliss-reactive ketones (excluding diaryl/α,β-unsaturated/α-hetero) is 1. The van der Waals surface area contributed by atoms with Crippen LogP contribution in [-0.4, -0.2) is 42.7 Å². The summed E-state index contributed by atoms with van der Waals surface area (Å²) in [6, 6.07) is 8.89. The molecular weight excluding hydrogens is 268 g/mol. The number of nitrogens with zero attached hydrogens (tertiary/aromatic N) is 1. The minimum absolute atomic E-state index is 0.0577. The maximum atomic E-state index is 12.4. The molecule has 0 bridgehead atoms. The summed E-state index contributed by atoms with van der Waals surface area (Å²) in [5, 5.41) is 11.5. The molecule has 1 aliphatic heterocycles. The molecule has 21 heavy (non-hydrogen) atoms. The normalized spacial score (nSPS) is 20.2. The summed E-state index contributed by atoms with van der Waals surface area (Å²) in [4.78, 5) is 28.8. The van der Waals surface area contributed by atoms with Crippen LogP contribution >= 0.6 is 0 Å². The van der Waals surface area contributed by atoms with Gasteiger partial charge in [0.25, 0.3) is 0 Å². The highest BCUT2D eigenvalue weighted by Gasteiger charge is 2.38. The van der Waals surface area contributed by atoms with Crippen molar-refractivity contribution in [2.45, 2.75) is 6.42 Å². The number of benzene rings is 1. The Morgan fingerprint density at radius 3 is 2.67 bits per heavy atom. The van der Waals surface area contributed by atoms with E-state index in [0.717, 1.165) is 0 Å². The number of ketones is 1. The van der Waals surface area contributed by atoms with Gasteiger partial charge in [-0.25, -0.2) is 0 Å². The zero-order chi connectivity index (χ0) is 15.1. The summed E-state index contributed by atoms with van der Waals surface area (Å²) in [6.45, 7) is 0.262. The van der Waals surface area contributed by atoms with Crippen LogP contribution in [0.1, 0.15) is 16.8 Å². The molecule has 0 spiro atoms. The predicted molar refractivity (Wildman–Crippen MR) is 80.4 cm³/mol. The van der Waals surface area contributed by atoms with Crippen LogP contribution in [0.3, 0.4) is 0 Å². The molecular formula is C16H18N2O3. The zero-order valence-corrected chi connectivity index (χ0v) is 11.7. The second-order valence-electron chi connectivity index (χ2n) is 4.95. The van der Waals surface area contributed by atoms with Crippen LogP contribution < -0.4 is 5.32 Å². The lowest BCUT2D eigenvalue weighted by molar-refractivity contribution is -0.128. The lowest BCUT2D eigenvalue weighted by atomic mass is 9.79. The molecule has 0 fully saturated rings. The molecule has 1 aromatic carbocycles. The van der Waals surface area contributed by atoms with Crippen molar-refractivity contribution in [3.8, 4) is 0 Å². The summed E-state index contributed by atoms with van der Waals surface area (Å²) in [5.41, 5.74) is -0.397. The molecule has 2 rings (SSSR count). The zero-order valence-electron chi connectivity index (χ0n) is 11.7. The number of allylic oxidation sites excluding steroid dienone is 1. The number of hydrogen-bond acceptors (Lipinski definition) is 4. The first-order valence-electron chi connectivity index (χ1n) is 6.83. The van der Waals surface area contributed by atoms with Crippen molar-refractivity contribution < 1.29 is 14.7 Å². The summed E-state index contributed by atoms with van der Waals surface area (Å²) in [5.74, 6) is -0.384. The third-order valence-corrected chi connectivity index (χ3v) is 3.40. The fourth-order valence-corrected chi connectivity index (χ4v) is 2.26. The van der Waals surface area contributed by atoms with E-state index in [1.165, 1.54) is 0 Å². The third kappa shape index (κ3) is 3.64. The van der Waals surface area contributed by atoms with Gasteiger partial charge in [-0.3, -0.25) is 14.6 Å². The minimum Gasteiger partial charge on any atom is -0.395 e. The number of aliphatic imine (C=N–C) groups is 1. The monoisotopic (exact) mass is 286 g/mol. The van der Waals surface area contributed by atoms with Gasteiger partial charge in [-0.15, -0.1) is 0 Å². The topological polar surface area (TPSA) is 78.8 Å². The number of carbonyl (C=O) groups excluding carboxylic acids is 2. The van der Waals surface area contributed by atoms with E-state index in [9.17, 15) is 9.59 Å². The van der Waals surface area contributed by atoms with Crippen LogP contribution in [0.5, 0.6) is 0 Å². The number of aliphatic hydroxyl groups is 1. The van der Waals surface area contributed by atoms with Gasteiger partial charge >= 0.3 is 0 Å². The van der Waals surface area contributed by atoms with Crippen molar-refractivity contribution in [2.75, 3.05) is 19.7 Å². The van der Waals surface area contributed by atoms with Gasteiger partial charge in [0, 0.05) is 24.7 Å². The first-order valence-corrected chi connectivity index (χ1v) is 6.83. The SMILES string of the molecule is O=C(CC1(C(=O)NCCO)C=CC=NC1)c1ccccc1. The van der Waals surface area contributed by atoms with Crippen LogP contribution in [0.2, 0.25) is 0 Å². The average molecular weight is 286 g/mol. The Morgan fingerprint density at radius 2 is 2.05 bits per heavy atom. The highest BCUT2D eigenvalue weighted by atomic mass is 16.3. The Bertz CT molecular complexity index is 566. The molecule has 1 heterocycles. The number of hydrogen-bond donors (Lipinski definition) is 2. The predicted octanol–water partition coefficient (Wildman–Crippen LogP) is 0.995. The molecule has 0 aromatic heterocycles. The quantitative estimate of drug-likeness (QED) is 0.766. The Hall–Kier alpha value is -2.27. The van der Waals surface area contributed by atoms with Crippen molar-refractivity contribution in [1.29, 1.82) is 0 Å². The molecule has 1 aliphatic rings. The molecule has 1 unspecified atom stereocenters. The Balaban J connectivity index is 2.17. The Morgan fingerprint density at radius 1 is 1.29 bits per heavy atom. The molecule has 1 aromatic rings. The summed E-state index contributed by atoms with van der Waals surface area (Å²) in [7, 11) is 0. The van der Waals surface area contributed by atoms with Crippen LogP contribution in [0.4, 0.5) is 0 Å². The van der Waals surface area contributed by atoms with Crippen LogP contribution in [-0.2, 0) is 4.79 Å². The molecule has 110 valence electrons. The second-order valence-corrected chi connectivity index (χ2v) is 4.95. The summed E-state index contributed by atoms with van der Waals surface area (Å²) in [6.07, 6.45) is 5.07. The van der Waals surface area contributed by atoms with E-state index >= 15 is 0 Å². The van der Waals surface area contributed by atoms with E-state index in [1.807, 2.05) is 6.07 Å². The Kier molecular flexibility index (Phi) is 5.00. The van der Waals surface area contributed by atoms with Crippen molar-refractivity contribution in [3.05, 3.63) is 48.0 Å². The first kappa shape index (κ1) is 15.1. The largest absolute Gasteiger partial charge is 0.395 e. The van der Waals surface area contributed by atoms with Gasteiger partial charge in [-0.2, -0.15) is 0 Å². The van der Waals surface area contributed by atoms with Crippen molar-refractivity contribution in [1.82, 2.24) is 5.32 Å². The van der Waals surface area contributed by atoms with Gasteiger partial charge in [-0.1, -0.05) is 36.4 Å². The molecule has 1 amide bonds. The van der Waals surface area contributed by atoms with E-state index in [2.05, 4.69) is 10.3 Å². The molecule has 0 saturated heterocycles. The fraction of sp³-hybridized carbons (Fsp3) is 0.312.